The van der Waals surface area contributed by atoms with Gasteiger partial charge in [0.2, 0.25) is 11.8 Å². The van der Waals surface area contributed by atoms with Gasteiger partial charge < -0.3 is 4.74 Å². The molecular formula is C22H19NO3. The minimum Gasteiger partial charge on any atom is -0.457 e. The van der Waals surface area contributed by atoms with Crippen LogP contribution in [0.1, 0.15) is 12.0 Å². The quantitative estimate of drug-likeness (QED) is 0.621. The standard InChI is InChI=1S/C22H19NO3/c1-13-4-2-3-5-18(13)26-17-10-8-16(9-11-17)23-21(24)19-14-6-7-15(12-14)20(19)22(23)25/h2-11,14-15,19-20H,12H2,1H3/t14-,15-,19-,20+/m0/s1. The second-order valence-corrected chi connectivity index (χ2v) is 7.37. The van der Waals surface area contributed by atoms with Gasteiger partial charge in [0, 0.05) is 0 Å². The third-order valence-corrected chi connectivity index (χ3v) is 5.89. The SMILES string of the molecule is Cc1ccccc1Oc1ccc(N2C(=O)[C@@H]3[C@H](C2=O)[C@H]2C=C[C@H]3C2)cc1. The highest BCUT2D eigenvalue weighted by atomic mass is 16.5. The molecule has 1 saturated heterocycles. The topological polar surface area (TPSA) is 46.6 Å². The van der Waals surface area contributed by atoms with Gasteiger partial charge in [0.15, 0.2) is 0 Å². The van der Waals surface area contributed by atoms with E-state index in [1.165, 1.54) is 4.90 Å². The smallest absolute Gasteiger partial charge is 0.238 e. The summed E-state index contributed by atoms with van der Waals surface area (Å²) in [5.74, 6) is 1.51. The summed E-state index contributed by atoms with van der Waals surface area (Å²) < 4.78 is 5.90. The maximum Gasteiger partial charge on any atom is 0.238 e. The number of anilines is 1. The highest BCUT2D eigenvalue weighted by Gasteiger charge is 2.59. The van der Waals surface area contributed by atoms with Crippen LogP contribution in [0.2, 0.25) is 0 Å². The maximum atomic E-state index is 12.8. The first kappa shape index (κ1) is 15.4. The molecule has 130 valence electrons. The Kier molecular flexibility index (Phi) is 3.29. The number of allylic oxidation sites excluding steroid dienone is 2. The summed E-state index contributed by atoms with van der Waals surface area (Å²) in [7, 11) is 0. The van der Waals surface area contributed by atoms with Gasteiger partial charge in [-0.05, 0) is 61.1 Å². The molecule has 2 aliphatic carbocycles. The molecule has 0 unspecified atom stereocenters. The van der Waals surface area contributed by atoms with Gasteiger partial charge in [-0.3, -0.25) is 14.5 Å². The van der Waals surface area contributed by atoms with Gasteiger partial charge >= 0.3 is 0 Å². The molecule has 1 aliphatic heterocycles. The Bertz CT molecular complexity index is 901. The predicted molar refractivity (Wildman–Crippen MR) is 97.9 cm³/mol. The third kappa shape index (κ3) is 2.15. The van der Waals surface area contributed by atoms with Crippen LogP contribution in [0, 0.1) is 30.6 Å². The first-order valence-corrected chi connectivity index (χ1v) is 9.03. The van der Waals surface area contributed by atoms with E-state index in [-0.39, 0.29) is 35.5 Å². The van der Waals surface area contributed by atoms with Crippen molar-refractivity contribution in [3.8, 4) is 11.5 Å². The highest BCUT2D eigenvalue weighted by Crippen LogP contribution is 2.53. The van der Waals surface area contributed by atoms with E-state index in [1.54, 1.807) is 12.1 Å². The monoisotopic (exact) mass is 345 g/mol. The molecule has 2 aromatic carbocycles. The molecule has 0 aromatic heterocycles. The molecule has 5 rings (SSSR count). The van der Waals surface area contributed by atoms with Gasteiger partial charge in [0.25, 0.3) is 0 Å². The number of ether oxygens (including phenoxy) is 1. The van der Waals surface area contributed by atoms with Crippen molar-refractivity contribution in [3.05, 3.63) is 66.2 Å². The molecule has 4 atom stereocenters. The average molecular weight is 345 g/mol. The minimum absolute atomic E-state index is 0.0515. The van der Waals surface area contributed by atoms with Gasteiger partial charge in [-0.1, -0.05) is 30.4 Å². The lowest BCUT2D eigenvalue weighted by molar-refractivity contribution is -0.123. The van der Waals surface area contributed by atoms with Crippen LogP contribution in [0.3, 0.4) is 0 Å². The van der Waals surface area contributed by atoms with Gasteiger partial charge in [0.1, 0.15) is 11.5 Å². The highest BCUT2D eigenvalue weighted by molar-refractivity contribution is 6.22. The summed E-state index contributed by atoms with van der Waals surface area (Å²) in [4.78, 5) is 27.1. The molecule has 2 amide bonds. The molecule has 2 fully saturated rings. The van der Waals surface area contributed by atoms with Crippen molar-refractivity contribution in [2.45, 2.75) is 13.3 Å². The zero-order valence-electron chi connectivity index (χ0n) is 14.5. The summed E-state index contributed by atoms with van der Waals surface area (Å²) in [6, 6.07) is 15.0. The van der Waals surface area contributed by atoms with Crippen molar-refractivity contribution >= 4 is 17.5 Å². The number of nitrogens with zero attached hydrogens (tertiary/aromatic N) is 1. The average Bonchev–Trinajstić information content (AvgIpc) is 3.32. The van der Waals surface area contributed by atoms with E-state index in [4.69, 9.17) is 4.74 Å². The summed E-state index contributed by atoms with van der Waals surface area (Å²) >= 11 is 0. The predicted octanol–water partition coefficient (Wildman–Crippen LogP) is 4.10. The number of fused-ring (bicyclic) bond motifs is 5. The molecule has 4 nitrogen and oxygen atoms in total. The fourth-order valence-corrected chi connectivity index (χ4v) is 4.62. The van der Waals surface area contributed by atoms with E-state index in [2.05, 4.69) is 12.2 Å². The van der Waals surface area contributed by atoms with Crippen LogP contribution >= 0.6 is 0 Å². The van der Waals surface area contributed by atoms with Crippen molar-refractivity contribution in [1.82, 2.24) is 0 Å². The Hall–Kier alpha value is -2.88. The second-order valence-electron chi connectivity index (χ2n) is 7.37. The Labute approximate surface area is 152 Å². The molecular weight excluding hydrogens is 326 g/mol. The summed E-state index contributed by atoms with van der Waals surface area (Å²) in [5.41, 5.74) is 1.68. The third-order valence-electron chi connectivity index (χ3n) is 5.89. The Balaban J connectivity index is 1.39. The molecule has 2 bridgehead atoms. The van der Waals surface area contributed by atoms with Crippen molar-refractivity contribution in [2.75, 3.05) is 4.90 Å². The molecule has 1 heterocycles. The van der Waals surface area contributed by atoms with Crippen LogP contribution < -0.4 is 9.64 Å². The van der Waals surface area contributed by atoms with Gasteiger partial charge in [-0.25, -0.2) is 0 Å². The number of hydrogen-bond acceptors (Lipinski definition) is 3. The lowest BCUT2D eigenvalue weighted by atomic mass is 9.85. The Morgan fingerprint density at radius 2 is 1.50 bits per heavy atom. The number of aryl methyl sites for hydroxylation is 1. The number of imide groups is 1. The minimum atomic E-state index is -0.166. The van der Waals surface area contributed by atoms with Gasteiger partial charge in [0.05, 0.1) is 17.5 Å². The summed E-state index contributed by atoms with van der Waals surface area (Å²) in [6.45, 7) is 1.99. The van der Waals surface area contributed by atoms with Crippen LogP contribution in [0.5, 0.6) is 11.5 Å². The zero-order chi connectivity index (χ0) is 17.8. The van der Waals surface area contributed by atoms with E-state index >= 15 is 0 Å². The fraction of sp³-hybridized carbons (Fsp3) is 0.273. The Morgan fingerprint density at radius 1 is 0.885 bits per heavy atom. The molecule has 0 N–H and O–H groups in total. The van der Waals surface area contributed by atoms with E-state index in [9.17, 15) is 9.59 Å². The van der Waals surface area contributed by atoms with E-state index in [1.807, 2.05) is 43.3 Å². The zero-order valence-corrected chi connectivity index (χ0v) is 14.5. The molecule has 0 radical (unpaired) electrons. The van der Waals surface area contributed by atoms with Gasteiger partial charge in [-0.15, -0.1) is 0 Å². The summed E-state index contributed by atoms with van der Waals surface area (Å²) in [5, 5.41) is 0. The number of carbonyl (C=O) groups is 2. The first-order chi connectivity index (χ1) is 12.6. The number of rotatable bonds is 3. The normalized spacial score (nSPS) is 28.7. The number of para-hydroxylation sites is 1. The maximum absolute atomic E-state index is 12.8. The molecule has 3 aliphatic rings. The summed E-state index contributed by atoms with van der Waals surface area (Å²) in [6.07, 6.45) is 5.17. The molecule has 0 spiro atoms. The number of amides is 2. The van der Waals surface area contributed by atoms with Crippen LogP contribution in [-0.4, -0.2) is 11.8 Å². The van der Waals surface area contributed by atoms with Crippen molar-refractivity contribution in [1.29, 1.82) is 0 Å². The van der Waals surface area contributed by atoms with Crippen LogP contribution in [0.25, 0.3) is 0 Å². The van der Waals surface area contributed by atoms with Crippen LogP contribution in [-0.2, 0) is 9.59 Å². The van der Waals surface area contributed by atoms with Crippen LogP contribution in [0.15, 0.2) is 60.7 Å². The van der Waals surface area contributed by atoms with Crippen LogP contribution in [0.4, 0.5) is 5.69 Å². The fourth-order valence-electron chi connectivity index (χ4n) is 4.62. The number of benzene rings is 2. The molecule has 2 aromatic rings. The first-order valence-electron chi connectivity index (χ1n) is 9.03. The van der Waals surface area contributed by atoms with E-state index in [0.717, 1.165) is 17.7 Å². The van der Waals surface area contributed by atoms with Gasteiger partial charge in [-0.2, -0.15) is 0 Å². The lowest BCUT2D eigenvalue weighted by Crippen LogP contribution is -2.32. The van der Waals surface area contributed by atoms with Crippen molar-refractivity contribution in [3.63, 3.8) is 0 Å². The van der Waals surface area contributed by atoms with E-state index < -0.39 is 0 Å². The van der Waals surface area contributed by atoms with Crippen molar-refractivity contribution in [2.24, 2.45) is 23.7 Å². The lowest BCUT2D eigenvalue weighted by Gasteiger charge is -2.17. The Morgan fingerprint density at radius 3 is 2.12 bits per heavy atom. The molecule has 1 saturated carbocycles. The number of hydrogen-bond donors (Lipinski definition) is 0. The van der Waals surface area contributed by atoms with Crippen molar-refractivity contribution < 1.29 is 14.3 Å². The van der Waals surface area contributed by atoms with E-state index in [0.29, 0.717) is 11.4 Å². The molecule has 26 heavy (non-hydrogen) atoms. The number of carbonyl (C=O) groups excluding carboxylic acids is 2. The molecule has 4 heteroatoms. The largest absolute Gasteiger partial charge is 0.457 e. The second kappa shape index (κ2) is 5.56.